The van der Waals surface area contributed by atoms with Gasteiger partial charge in [0, 0.05) is 5.92 Å². The number of anilines is 1. The Balaban J connectivity index is 2.37. The van der Waals surface area contributed by atoms with Crippen LogP contribution < -0.4 is 5.73 Å². The molecule has 2 heterocycles. The largest absolute Gasteiger partial charge is 0.440 e. The van der Waals surface area contributed by atoms with Crippen molar-refractivity contribution in [1.29, 1.82) is 0 Å². The molecule has 15 heavy (non-hydrogen) atoms. The second kappa shape index (κ2) is 3.73. The van der Waals surface area contributed by atoms with Crippen LogP contribution in [0.1, 0.15) is 25.5 Å². The van der Waals surface area contributed by atoms with Gasteiger partial charge in [-0.15, -0.1) is 0 Å². The normalized spacial score (nSPS) is 10.9. The quantitative estimate of drug-likeness (QED) is 0.814. The monoisotopic (exact) mass is 203 g/mol. The SMILES string of the molecule is CC(C)c1cnc(-c2cccc(N)n2)o1. The molecule has 0 saturated carbocycles. The van der Waals surface area contributed by atoms with Gasteiger partial charge in [0.2, 0.25) is 5.89 Å². The highest BCUT2D eigenvalue weighted by Gasteiger charge is 2.10. The fraction of sp³-hybridized carbons (Fsp3) is 0.273. The van der Waals surface area contributed by atoms with Crippen molar-refractivity contribution >= 4 is 5.82 Å². The van der Waals surface area contributed by atoms with Crippen LogP contribution in [-0.4, -0.2) is 9.97 Å². The number of oxazole rings is 1. The Bertz CT molecular complexity index is 462. The van der Waals surface area contributed by atoms with Gasteiger partial charge in [0.05, 0.1) is 6.20 Å². The lowest BCUT2D eigenvalue weighted by Gasteiger charge is -1.98. The molecule has 0 atom stereocenters. The second-order valence-electron chi connectivity index (χ2n) is 3.67. The molecule has 4 heteroatoms. The van der Waals surface area contributed by atoms with E-state index in [0.29, 0.717) is 23.3 Å². The third-order valence-corrected chi connectivity index (χ3v) is 2.08. The molecule has 0 amide bonds. The number of pyridine rings is 1. The van der Waals surface area contributed by atoms with Crippen molar-refractivity contribution in [1.82, 2.24) is 9.97 Å². The first kappa shape index (κ1) is 9.71. The Kier molecular flexibility index (Phi) is 2.41. The lowest BCUT2D eigenvalue weighted by molar-refractivity contribution is 0.493. The number of rotatable bonds is 2. The Hall–Kier alpha value is -1.84. The number of hydrogen-bond donors (Lipinski definition) is 1. The summed E-state index contributed by atoms with van der Waals surface area (Å²) in [6.45, 7) is 4.11. The van der Waals surface area contributed by atoms with E-state index in [1.54, 1.807) is 12.3 Å². The molecule has 0 aliphatic rings. The van der Waals surface area contributed by atoms with Crippen molar-refractivity contribution in [3.63, 3.8) is 0 Å². The van der Waals surface area contributed by atoms with Crippen LogP contribution >= 0.6 is 0 Å². The van der Waals surface area contributed by atoms with Gasteiger partial charge in [0.15, 0.2) is 0 Å². The standard InChI is InChI=1S/C11H13N3O/c1-7(2)9-6-13-11(15-9)8-4-3-5-10(12)14-8/h3-7H,1-2H3,(H2,12,14). The molecule has 0 aromatic carbocycles. The van der Waals surface area contributed by atoms with Gasteiger partial charge in [-0.3, -0.25) is 0 Å². The van der Waals surface area contributed by atoms with Crippen LogP contribution in [0.4, 0.5) is 5.82 Å². The first-order valence-corrected chi connectivity index (χ1v) is 4.85. The van der Waals surface area contributed by atoms with Crippen LogP contribution in [0, 0.1) is 0 Å². The maximum Gasteiger partial charge on any atom is 0.245 e. The molecule has 0 spiro atoms. The Morgan fingerprint density at radius 3 is 2.73 bits per heavy atom. The van der Waals surface area contributed by atoms with Gasteiger partial charge in [0.25, 0.3) is 0 Å². The summed E-state index contributed by atoms with van der Waals surface area (Å²) in [4.78, 5) is 8.30. The summed E-state index contributed by atoms with van der Waals surface area (Å²) in [5, 5.41) is 0. The van der Waals surface area contributed by atoms with Crippen molar-refractivity contribution in [2.75, 3.05) is 5.73 Å². The second-order valence-corrected chi connectivity index (χ2v) is 3.67. The average molecular weight is 203 g/mol. The summed E-state index contributed by atoms with van der Waals surface area (Å²) in [5.74, 6) is 2.17. The van der Waals surface area contributed by atoms with Crippen LogP contribution in [0.15, 0.2) is 28.8 Å². The summed E-state index contributed by atoms with van der Waals surface area (Å²) in [7, 11) is 0. The van der Waals surface area contributed by atoms with E-state index in [4.69, 9.17) is 10.2 Å². The topological polar surface area (TPSA) is 64.9 Å². The van der Waals surface area contributed by atoms with Crippen LogP contribution in [-0.2, 0) is 0 Å². The van der Waals surface area contributed by atoms with Gasteiger partial charge in [-0.1, -0.05) is 19.9 Å². The van der Waals surface area contributed by atoms with Gasteiger partial charge in [-0.25, -0.2) is 9.97 Å². The number of hydrogen-bond acceptors (Lipinski definition) is 4. The van der Waals surface area contributed by atoms with Crippen molar-refractivity contribution in [2.45, 2.75) is 19.8 Å². The highest BCUT2D eigenvalue weighted by Crippen LogP contribution is 2.22. The minimum atomic E-state index is 0.326. The van der Waals surface area contributed by atoms with Gasteiger partial charge in [-0.2, -0.15) is 0 Å². The van der Waals surface area contributed by atoms with E-state index in [1.807, 2.05) is 12.1 Å². The zero-order valence-electron chi connectivity index (χ0n) is 8.77. The highest BCUT2D eigenvalue weighted by atomic mass is 16.4. The number of nitrogen functional groups attached to an aromatic ring is 1. The van der Waals surface area contributed by atoms with Crippen LogP contribution in [0.3, 0.4) is 0 Å². The molecule has 0 unspecified atom stereocenters. The van der Waals surface area contributed by atoms with Crippen molar-refractivity contribution in [3.05, 3.63) is 30.2 Å². The molecule has 2 rings (SSSR count). The summed E-state index contributed by atoms with van der Waals surface area (Å²) < 4.78 is 5.56. The Morgan fingerprint density at radius 2 is 2.13 bits per heavy atom. The van der Waals surface area contributed by atoms with Crippen LogP contribution in [0.5, 0.6) is 0 Å². The molecule has 0 radical (unpaired) electrons. The summed E-state index contributed by atoms with van der Waals surface area (Å²) >= 11 is 0. The first-order chi connectivity index (χ1) is 7.16. The van der Waals surface area contributed by atoms with Crippen molar-refractivity contribution in [3.8, 4) is 11.6 Å². The molecular weight excluding hydrogens is 190 g/mol. The number of nitrogens with zero attached hydrogens (tertiary/aromatic N) is 2. The maximum absolute atomic E-state index is 5.58. The smallest absolute Gasteiger partial charge is 0.245 e. The van der Waals surface area contributed by atoms with Crippen molar-refractivity contribution in [2.24, 2.45) is 0 Å². The Labute approximate surface area is 88.2 Å². The molecule has 0 saturated heterocycles. The van der Waals surface area contributed by atoms with Gasteiger partial charge < -0.3 is 10.2 Å². The van der Waals surface area contributed by atoms with E-state index in [2.05, 4.69) is 23.8 Å². The number of nitrogens with two attached hydrogens (primary N) is 1. The molecule has 78 valence electrons. The molecule has 0 bridgehead atoms. The maximum atomic E-state index is 5.58. The molecule has 2 aromatic rings. The molecule has 2 N–H and O–H groups in total. The Morgan fingerprint density at radius 1 is 1.33 bits per heavy atom. The fourth-order valence-electron chi connectivity index (χ4n) is 1.24. The van der Waals surface area contributed by atoms with E-state index in [9.17, 15) is 0 Å². The molecule has 2 aromatic heterocycles. The van der Waals surface area contributed by atoms with Crippen LogP contribution in [0.25, 0.3) is 11.6 Å². The molecule has 0 aliphatic heterocycles. The minimum Gasteiger partial charge on any atom is -0.440 e. The van der Waals surface area contributed by atoms with E-state index < -0.39 is 0 Å². The third-order valence-electron chi connectivity index (χ3n) is 2.08. The van der Waals surface area contributed by atoms with E-state index in [1.165, 1.54) is 0 Å². The average Bonchev–Trinajstić information content (AvgIpc) is 2.66. The molecule has 0 fully saturated rings. The molecular formula is C11H13N3O. The van der Waals surface area contributed by atoms with E-state index in [-0.39, 0.29) is 0 Å². The first-order valence-electron chi connectivity index (χ1n) is 4.85. The highest BCUT2D eigenvalue weighted by molar-refractivity contribution is 5.50. The zero-order chi connectivity index (χ0) is 10.8. The van der Waals surface area contributed by atoms with Gasteiger partial charge >= 0.3 is 0 Å². The molecule has 0 aliphatic carbocycles. The summed E-state index contributed by atoms with van der Waals surface area (Å²) in [6.07, 6.45) is 1.73. The summed E-state index contributed by atoms with van der Waals surface area (Å²) in [6, 6.07) is 5.39. The zero-order valence-corrected chi connectivity index (χ0v) is 8.77. The third kappa shape index (κ3) is 1.98. The van der Waals surface area contributed by atoms with Crippen molar-refractivity contribution < 1.29 is 4.42 Å². The van der Waals surface area contributed by atoms with Gasteiger partial charge in [-0.05, 0) is 12.1 Å². The number of aromatic nitrogens is 2. The predicted molar refractivity (Wildman–Crippen MR) is 58.2 cm³/mol. The fourth-order valence-corrected chi connectivity index (χ4v) is 1.24. The van der Waals surface area contributed by atoms with E-state index in [0.717, 1.165) is 5.76 Å². The predicted octanol–water partition coefficient (Wildman–Crippen LogP) is 2.44. The van der Waals surface area contributed by atoms with Gasteiger partial charge in [0.1, 0.15) is 17.3 Å². The van der Waals surface area contributed by atoms with Crippen LogP contribution in [0.2, 0.25) is 0 Å². The minimum absolute atomic E-state index is 0.326. The molecule has 4 nitrogen and oxygen atoms in total. The summed E-state index contributed by atoms with van der Waals surface area (Å²) in [5.41, 5.74) is 6.25. The lowest BCUT2D eigenvalue weighted by Crippen LogP contribution is -1.91. The lowest BCUT2D eigenvalue weighted by atomic mass is 10.2. The van der Waals surface area contributed by atoms with E-state index >= 15 is 0 Å².